The normalized spacial score (nSPS) is 11.4. The third-order valence-corrected chi connectivity index (χ3v) is 3.82. The van der Waals surface area contributed by atoms with Crippen LogP contribution < -0.4 is 10.1 Å². The lowest BCUT2D eigenvalue weighted by molar-refractivity contribution is -0.137. The van der Waals surface area contributed by atoms with Gasteiger partial charge >= 0.3 is 6.18 Å². The van der Waals surface area contributed by atoms with E-state index in [1.165, 1.54) is 23.9 Å². The summed E-state index contributed by atoms with van der Waals surface area (Å²) in [6.45, 7) is 1.94. The molecule has 2 aromatic rings. The predicted molar refractivity (Wildman–Crippen MR) is 85.1 cm³/mol. The van der Waals surface area contributed by atoms with Crippen molar-refractivity contribution in [2.45, 2.75) is 18.9 Å². The Morgan fingerprint density at radius 1 is 1.40 bits per heavy atom. The highest BCUT2D eigenvalue weighted by atomic mass is 32.2. The Morgan fingerprint density at radius 3 is 2.88 bits per heavy atom. The molecule has 0 saturated carbocycles. The van der Waals surface area contributed by atoms with Crippen LogP contribution in [0.25, 0.3) is 0 Å². The second-order valence-corrected chi connectivity index (χ2v) is 5.93. The summed E-state index contributed by atoms with van der Waals surface area (Å²) in [5.74, 6) is 1.53. The molecule has 136 valence electrons. The lowest BCUT2D eigenvalue weighted by Gasteiger charge is -2.10. The molecule has 1 N–H and O–H groups in total. The van der Waals surface area contributed by atoms with Crippen molar-refractivity contribution in [2.75, 3.05) is 18.9 Å². The summed E-state index contributed by atoms with van der Waals surface area (Å²) in [6.07, 6.45) is -4.41. The van der Waals surface area contributed by atoms with E-state index in [1.807, 2.05) is 0 Å². The van der Waals surface area contributed by atoms with E-state index in [4.69, 9.17) is 9.26 Å². The summed E-state index contributed by atoms with van der Waals surface area (Å²) in [4.78, 5) is 15.6. The van der Waals surface area contributed by atoms with Gasteiger partial charge in [-0.25, -0.2) is 0 Å². The average molecular weight is 375 g/mol. The summed E-state index contributed by atoms with van der Waals surface area (Å²) in [5.41, 5.74) is -0.776. The second-order valence-electron chi connectivity index (χ2n) is 4.95. The minimum atomic E-state index is -4.41. The highest BCUT2D eigenvalue weighted by Gasteiger charge is 2.30. The number of thioether (sulfide) groups is 1. The fourth-order valence-electron chi connectivity index (χ4n) is 1.81. The number of amides is 1. The van der Waals surface area contributed by atoms with Gasteiger partial charge in [-0.15, -0.1) is 11.8 Å². The van der Waals surface area contributed by atoms with Gasteiger partial charge in [-0.3, -0.25) is 4.79 Å². The third-order valence-electron chi connectivity index (χ3n) is 2.89. The molecule has 6 nitrogen and oxygen atoms in total. The van der Waals surface area contributed by atoms with Gasteiger partial charge in [0.05, 0.1) is 23.6 Å². The van der Waals surface area contributed by atoms with Crippen molar-refractivity contribution in [3.8, 4) is 5.75 Å². The van der Waals surface area contributed by atoms with Crippen LogP contribution in [0.15, 0.2) is 28.8 Å². The van der Waals surface area contributed by atoms with Crippen molar-refractivity contribution >= 4 is 17.7 Å². The predicted octanol–water partition coefficient (Wildman–Crippen LogP) is 2.83. The highest BCUT2D eigenvalue weighted by Crippen LogP contribution is 2.31. The van der Waals surface area contributed by atoms with Crippen molar-refractivity contribution < 1.29 is 27.2 Å². The van der Waals surface area contributed by atoms with E-state index < -0.39 is 11.7 Å². The summed E-state index contributed by atoms with van der Waals surface area (Å²) in [7, 11) is 0. The van der Waals surface area contributed by atoms with E-state index in [0.29, 0.717) is 17.5 Å². The molecule has 0 fully saturated rings. The van der Waals surface area contributed by atoms with E-state index in [9.17, 15) is 18.0 Å². The number of halogens is 3. The van der Waals surface area contributed by atoms with E-state index in [-0.39, 0.29) is 30.6 Å². The fourth-order valence-corrected chi connectivity index (χ4v) is 2.50. The maximum atomic E-state index is 12.6. The van der Waals surface area contributed by atoms with Crippen LogP contribution in [0.3, 0.4) is 0 Å². The Balaban J connectivity index is 1.63. The quantitative estimate of drug-likeness (QED) is 0.715. The van der Waals surface area contributed by atoms with Crippen LogP contribution in [0.2, 0.25) is 0 Å². The summed E-state index contributed by atoms with van der Waals surface area (Å²) in [5, 5.41) is 6.33. The molecule has 0 spiro atoms. The largest absolute Gasteiger partial charge is 0.492 e. The topological polar surface area (TPSA) is 77.2 Å². The molecule has 0 unspecified atom stereocenters. The van der Waals surface area contributed by atoms with Gasteiger partial charge in [-0.1, -0.05) is 11.2 Å². The molecule has 1 aromatic heterocycles. The van der Waals surface area contributed by atoms with Crippen LogP contribution in [0.5, 0.6) is 5.75 Å². The molecular formula is C15H16F3N3O3S. The Labute approximate surface area is 146 Å². The van der Waals surface area contributed by atoms with Gasteiger partial charge in [-0.05, 0) is 18.2 Å². The molecule has 0 radical (unpaired) electrons. The first-order chi connectivity index (χ1) is 11.8. The van der Waals surface area contributed by atoms with Crippen molar-refractivity contribution in [1.29, 1.82) is 0 Å². The number of hydrogen-bond acceptors (Lipinski definition) is 6. The van der Waals surface area contributed by atoms with E-state index in [0.717, 1.165) is 12.1 Å². The SMILES string of the molecule is Cc1nc(CSCC(=O)NCCOc2cccc(C(F)(F)F)c2)no1. The van der Waals surface area contributed by atoms with Crippen molar-refractivity contribution in [3.63, 3.8) is 0 Å². The van der Waals surface area contributed by atoms with E-state index in [1.54, 1.807) is 6.92 Å². The second kappa shape index (κ2) is 8.75. The molecule has 0 aliphatic heterocycles. The van der Waals surface area contributed by atoms with Crippen LogP contribution in [-0.2, 0) is 16.7 Å². The van der Waals surface area contributed by atoms with Crippen molar-refractivity contribution in [2.24, 2.45) is 0 Å². The van der Waals surface area contributed by atoms with Gasteiger partial charge in [0.1, 0.15) is 12.4 Å². The zero-order chi connectivity index (χ0) is 18.3. The highest BCUT2D eigenvalue weighted by molar-refractivity contribution is 7.99. The van der Waals surface area contributed by atoms with Crippen LogP contribution >= 0.6 is 11.8 Å². The number of aryl methyl sites for hydroxylation is 1. The molecular weight excluding hydrogens is 359 g/mol. The third kappa shape index (κ3) is 6.65. The molecule has 1 heterocycles. The van der Waals surface area contributed by atoms with Gasteiger partial charge in [0.25, 0.3) is 0 Å². The Hall–Kier alpha value is -2.23. The number of carbonyl (C=O) groups is 1. The molecule has 10 heteroatoms. The molecule has 0 aliphatic carbocycles. The smallest absolute Gasteiger partial charge is 0.416 e. The molecule has 1 aromatic carbocycles. The molecule has 0 atom stereocenters. The first-order valence-corrected chi connectivity index (χ1v) is 8.44. The number of carbonyl (C=O) groups excluding carboxylic acids is 1. The number of ether oxygens (including phenoxy) is 1. The Morgan fingerprint density at radius 2 is 2.20 bits per heavy atom. The Kier molecular flexibility index (Phi) is 6.68. The van der Waals surface area contributed by atoms with Gasteiger partial charge in [0.2, 0.25) is 11.8 Å². The number of hydrogen-bond donors (Lipinski definition) is 1. The number of rotatable bonds is 8. The number of aromatic nitrogens is 2. The number of nitrogens with one attached hydrogen (secondary N) is 1. The van der Waals surface area contributed by atoms with Gasteiger partial charge < -0.3 is 14.6 Å². The van der Waals surface area contributed by atoms with Gasteiger partial charge in [0.15, 0.2) is 5.82 Å². The molecule has 2 rings (SSSR count). The first-order valence-electron chi connectivity index (χ1n) is 7.28. The number of benzene rings is 1. The number of nitrogens with zero attached hydrogens (tertiary/aromatic N) is 2. The molecule has 25 heavy (non-hydrogen) atoms. The first kappa shape index (κ1) is 19.1. The maximum Gasteiger partial charge on any atom is 0.416 e. The zero-order valence-electron chi connectivity index (χ0n) is 13.3. The molecule has 0 bridgehead atoms. The van der Waals surface area contributed by atoms with Crippen LogP contribution in [-0.4, -0.2) is 35.0 Å². The van der Waals surface area contributed by atoms with Crippen LogP contribution in [0.4, 0.5) is 13.2 Å². The lowest BCUT2D eigenvalue weighted by Crippen LogP contribution is -2.29. The zero-order valence-corrected chi connectivity index (χ0v) is 14.1. The lowest BCUT2D eigenvalue weighted by atomic mass is 10.2. The maximum absolute atomic E-state index is 12.6. The number of alkyl halides is 3. The standard InChI is InChI=1S/C15H16F3N3O3S/c1-10-20-13(21-24-10)8-25-9-14(22)19-5-6-23-12-4-2-3-11(7-12)15(16,17)18/h2-4,7H,5-6,8-9H2,1H3,(H,19,22). The molecule has 0 aliphatic rings. The van der Waals surface area contributed by atoms with Gasteiger partial charge in [-0.2, -0.15) is 18.2 Å². The average Bonchev–Trinajstić information content (AvgIpc) is 2.96. The van der Waals surface area contributed by atoms with Crippen LogP contribution in [0, 0.1) is 6.92 Å². The fraction of sp³-hybridized carbons (Fsp3) is 0.400. The van der Waals surface area contributed by atoms with Crippen molar-refractivity contribution in [1.82, 2.24) is 15.5 Å². The summed E-state index contributed by atoms with van der Waals surface area (Å²) >= 11 is 1.32. The molecule has 1 amide bonds. The van der Waals surface area contributed by atoms with E-state index in [2.05, 4.69) is 15.5 Å². The van der Waals surface area contributed by atoms with Crippen molar-refractivity contribution in [3.05, 3.63) is 41.5 Å². The van der Waals surface area contributed by atoms with Gasteiger partial charge in [0, 0.05) is 6.92 Å². The van der Waals surface area contributed by atoms with Crippen LogP contribution in [0.1, 0.15) is 17.3 Å². The summed E-state index contributed by atoms with van der Waals surface area (Å²) in [6, 6.07) is 4.59. The monoisotopic (exact) mass is 375 g/mol. The minimum Gasteiger partial charge on any atom is -0.492 e. The van der Waals surface area contributed by atoms with E-state index >= 15 is 0 Å². The Bertz CT molecular complexity index is 707. The molecule has 0 saturated heterocycles. The minimum absolute atomic E-state index is 0.0712. The summed E-state index contributed by atoms with van der Waals surface area (Å²) < 4.78 is 47.8.